The summed E-state index contributed by atoms with van der Waals surface area (Å²) in [5.74, 6) is 2.08. The van der Waals surface area contributed by atoms with Crippen molar-refractivity contribution in [3.8, 4) is 0 Å². The van der Waals surface area contributed by atoms with Crippen molar-refractivity contribution >= 4 is 5.91 Å². The van der Waals surface area contributed by atoms with E-state index in [4.69, 9.17) is 4.74 Å². The minimum absolute atomic E-state index is 0.00455. The first kappa shape index (κ1) is 24.7. The molecule has 35 heavy (non-hydrogen) atoms. The summed E-state index contributed by atoms with van der Waals surface area (Å²) >= 11 is 0. The van der Waals surface area contributed by atoms with Crippen molar-refractivity contribution in [3.63, 3.8) is 0 Å². The number of nitrogens with one attached hydrogen (secondary N) is 1. The number of hydrogen-bond acceptors (Lipinski definition) is 4. The molecule has 6 rings (SSSR count). The molecule has 0 bridgehead atoms. The molecule has 198 valence electrons. The van der Waals surface area contributed by atoms with Gasteiger partial charge in [0.25, 0.3) is 0 Å². The summed E-state index contributed by atoms with van der Waals surface area (Å²) in [6.07, 6.45) is 9.54. The molecule has 0 aromatic rings. The first-order chi connectivity index (χ1) is 16.3. The Morgan fingerprint density at radius 1 is 1.00 bits per heavy atom. The summed E-state index contributed by atoms with van der Waals surface area (Å²) < 4.78 is 6.74. The highest BCUT2D eigenvalue weighted by atomic mass is 16.5. The minimum atomic E-state index is -0.429. The number of hydrogen-bond donors (Lipinski definition) is 3. The molecule has 2 spiro atoms. The average molecular weight is 488 g/mol. The van der Waals surface area contributed by atoms with E-state index in [1.807, 2.05) is 0 Å². The van der Waals surface area contributed by atoms with E-state index in [1.54, 1.807) is 6.92 Å². The Kier molecular flexibility index (Phi) is 5.27. The maximum absolute atomic E-state index is 12.2. The molecule has 1 aliphatic heterocycles. The lowest BCUT2D eigenvalue weighted by Crippen LogP contribution is -2.59. The van der Waals surface area contributed by atoms with Crippen LogP contribution in [0.4, 0.5) is 0 Å². The third-order valence-electron chi connectivity index (χ3n) is 13.7. The van der Waals surface area contributed by atoms with Gasteiger partial charge in [0.05, 0.1) is 24.4 Å². The maximum atomic E-state index is 12.2. The van der Waals surface area contributed by atoms with Crippen LogP contribution in [0.5, 0.6) is 0 Å². The Morgan fingerprint density at radius 2 is 1.69 bits per heavy atom. The second-order valence-corrected chi connectivity index (χ2v) is 14.9. The van der Waals surface area contributed by atoms with Gasteiger partial charge in [0.2, 0.25) is 5.91 Å². The second kappa shape index (κ2) is 7.47. The zero-order valence-electron chi connectivity index (χ0n) is 22.9. The molecule has 1 heterocycles. The highest BCUT2D eigenvalue weighted by molar-refractivity contribution is 5.72. The zero-order chi connectivity index (χ0) is 25.2. The van der Waals surface area contributed by atoms with Crippen LogP contribution in [0.2, 0.25) is 0 Å². The van der Waals surface area contributed by atoms with Crippen molar-refractivity contribution in [1.29, 1.82) is 0 Å². The van der Waals surface area contributed by atoms with Gasteiger partial charge in [-0.1, -0.05) is 34.6 Å². The molecule has 4 unspecified atom stereocenters. The molecule has 5 nitrogen and oxygen atoms in total. The van der Waals surface area contributed by atoms with Crippen LogP contribution >= 0.6 is 0 Å². The van der Waals surface area contributed by atoms with Crippen LogP contribution in [0.25, 0.3) is 0 Å². The first-order valence-corrected chi connectivity index (χ1v) is 14.6. The van der Waals surface area contributed by atoms with E-state index >= 15 is 0 Å². The number of ether oxygens (including phenoxy) is 1. The van der Waals surface area contributed by atoms with Crippen molar-refractivity contribution in [2.45, 2.75) is 124 Å². The monoisotopic (exact) mass is 487 g/mol. The third kappa shape index (κ3) is 2.84. The van der Waals surface area contributed by atoms with Crippen molar-refractivity contribution in [1.82, 2.24) is 5.32 Å². The van der Waals surface area contributed by atoms with Gasteiger partial charge in [0, 0.05) is 18.9 Å². The standard InChI is InChI=1S/C30H49NO4/c1-17-15-19(10-14-31-18(2)32)35-24-23(17)27(5)12-13-30-16-29(30)11-9-22(33)26(3,4)20(29)7-8-21(30)28(27,6)25(24)34/h17,19-25,33-34H,7-16H2,1-6H3,(H,31,32)/t17-,19?,20+,21+,22+,23?,24?,25+,27-,28-,29-,30?/m1/s1. The molecule has 0 aromatic heterocycles. The summed E-state index contributed by atoms with van der Waals surface area (Å²) in [4.78, 5) is 11.4. The summed E-state index contributed by atoms with van der Waals surface area (Å²) in [7, 11) is 0. The Balaban J connectivity index is 1.30. The van der Waals surface area contributed by atoms with Crippen LogP contribution in [0.3, 0.4) is 0 Å². The Morgan fingerprint density at radius 3 is 2.40 bits per heavy atom. The molecule has 5 heteroatoms. The van der Waals surface area contributed by atoms with Gasteiger partial charge >= 0.3 is 0 Å². The first-order valence-electron chi connectivity index (χ1n) is 14.6. The molecule has 1 saturated heterocycles. The summed E-state index contributed by atoms with van der Waals surface area (Å²) in [6.45, 7) is 14.2. The lowest BCUT2D eigenvalue weighted by molar-refractivity contribution is -0.182. The van der Waals surface area contributed by atoms with Gasteiger partial charge in [-0.05, 0) is 103 Å². The van der Waals surface area contributed by atoms with E-state index < -0.39 is 6.10 Å². The summed E-state index contributed by atoms with van der Waals surface area (Å²) in [6, 6.07) is 0. The quantitative estimate of drug-likeness (QED) is 0.540. The van der Waals surface area contributed by atoms with Gasteiger partial charge in [0.15, 0.2) is 0 Å². The van der Waals surface area contributed by atoms with Crippen LogP contribution in [0, 0.1) is 50.7 Å². The fourth-order valence-electron chi connectivity index (χ4n) is 12.0. The van der Waals surface area contributed by atoms with Crippen LogP contribution in [-0.2, 0) is 9.53 Å². The van der Waals surface area contributed by atoms with Crippen LogP contribution in [0.15, 0.2) is 0 Å². The Bertz CT molecular complexity index is 905. The average Bonchev–Trinajstić information content (AvgIpc) is 3.41. The molecule has 3 N–H and O–H groups in total. The molecule has 0 radical (unpaired) electrons. The number of aliphatic hydroxyl groups is 2. The number of carbonyl (C=O) groups excluding carboxylic acids is 1. The maximum Gasteiger partial charge on any atom is 0.216 e. The molecule has 5 aliphatic carbocycles. The SMILES string of the molecule is CC(=O)NCCC1C[C@@H](C)C2C(O1)[C@H](O)[C@@]1(C)[C@@H]3CC[C@H]4C(C)(C)[C@@H](O)CC[C@@]45CC35CC[C@]21C. The molecule has 0 aromatic carbocycles. The number of rotatable bonds is 3. The lowest BCUT2D eigenvalue weighted by atomic mass is 9.41. The van der Waals surface area contributed by atoms with Gasteiger partial charge < -0.3 is 20.3 Å². The van der Waals surface area contributed by atoms with Crippen LogP contribution in [0.1, 0.15) is 99.3 Å². The van der Waals surface area contributed by atoms with Gasteiger partial charge in [0.1, 0.15) is 0 Å². The van der Waals surface area contributed by atoms with E-state index in [-0.39, 0.29) is 40.5 Å². The third-order valence-corrected chi connectivity index (χ3v) is 13.7. The summed E-state index contributed by atoms with van der Waals surface area (Å²) in [5, 5.41) is 26.0. The number of amides is 1. The van der Waals surface area contributed by atoms with E-state index in [0.29, 0.717) is 41.0 Å². The summed E-state index contributed by atoms with van der Waals surface area (Å²) in [5.41, 5.74) is 0.689. The molecule has 12 atom stereocenters. The highest BCUT2D eigenvalue weighted by Crippen LogP contribution is 2.89. The number of aliphatic hydroxyl groups excluding tert-OH is 2. The second-order valence-electron chi connectivity index (χ2n) is 14.9. The van der Waals surface area contributed by atoms with Crippen molar-refractivity contribution < 1.29 is 19.7 Å². The number of fused-ring (bicyclic) bond motifs is 4. The predicted molar refractivity (Wildman–Crippen MR) is 135 cm³/mol. The van der Waals surface area contributed by atoms with Gasteiger partial charge in [-0.2, -0.15) is 0 Å². The van der Waals surface area contributed by atoms with Gasteiger partial charge in [-0.3, -0.25) is 4.79 Å². The molecule has 6 aliphatic rings. The Hall–Kier alpha value is -0.650. The van der Waals surface area contributed by atoms with E-state index in [1.165, 1.54) is 38.5 Å². The largest absolute Gasteiger partial charge is 0.393 e. The van der Waals surface area contributed by atoms with E-state index in [2.05, 4.69) is 39.9 Å². The highest BCUT2D eigenvalue weighted by Gasteiger charge is 2.84. The van der Waals surface area contributed by atoms with E-state index in [0.717, 1.165) is 19.3 Å². The normalized spacial score (nSPS) is 57.7. The molecular formula is C30H49NO4. The van der Waals surface area contributed by atoms with E-state index in [9.17, 15) is 15.0 Å². The fraction of sp³-hybridized carbons (Fsp3) is 0.967. The molecule has 6 fully saturated rings. The van der Waals surface area contributed by atoms with Crippen molar-refractivity contribution in [3.05, 3.63) is 0 Å². The Labute approximate surface area is 212 Å². The van der Waals surface area contributed by atoms with Crippen LogP contribution < -0.4 is 5.32 Å². The molecular weight excluding hydrogens is 438 g/mol. The molecule has 5 saturated carbocycles. The number of carbonyl (C=O) groups is 1. The van der Waals surface area contributed by atoms with Gasteiger partial charge in [-0.25, -0.2) is 0 Å². The van der Waals surface area contributed by atoms with Crippen LogP contribution in [-0.4, -0.2) is 47.1 Å². The van der Waals surface area contributed by atoms with Gasteiger partial charge in [-0.15, -0.1) is 0 Å². The zero-order valence-corrected chi connectivity index (χ0v) is 22.9. The predicted octanol–water partition coefficient (Wildman–Crippen LogP) is 4.69. The molecule has 1 amide bonds. The minimum Gasteiger partial charge on any atom is -0.393 e. The topological polar surface area (TPSA) is 78.8 Å². The fourth-order valence-corrected chi connectivity index (χ4v) is 12.0. The van der Waals surface area contributed by atoms with Crippen molar-refractivity contribution in [2.75, 3.05) is 6.54 Å². The van der Waals surface area contributed by atoms with Crippen molar-refractivity contribution in [2.24, 2.45) is 50.7 Å². The smallest absolute Gasteiger partial charge is 0.216 e. The lowest BCUT2D eigenvalue weighted by Gasteiger charge is -2.63.